The van der Waals surface area contributed by atoms with Gasteiger partial charge in [0.15, 0.2) is 5.43 Å². The van der Waals surface area contributed by atoms with Crippen molar-refractivity contribution in [2.75, 3.05) is 0 Å². The fourth-order valence-electron chi connectivity index (χ4n) is 2.98. The van der Waals surface area contributed by atoms with Gasteiger partial charge in [-0.2, -0.15) is 0 Å². The molecule has 0 aliphatic heterocycles. The molecule has 0 saturated carbocycles. The molecular weight excluding hydrogens is 370 g/mol. The van der Waals surface area contributed by atoms with Crippen molar-refractivity contribution in [3.8, 4) is 11.3 Å². The summed E-state index contributed by atoms with van der Waals surface area (Å²) in [4.78, 5) is 13.1. The van der Waals surface area contributed by atoms with Gasteiger partial charge in [0.2, 0.25) is 0 Å². The summed E-state index contributed by atoms with van der Waals surface area (Å²) in [6, 6.07) is 13.3. The monoisotopic (exact) mass is 395 g/mol. The highest BCUT2D eigenvalue weighted by molar-refractivity contribution is 7.91. The molecular formula is C23H25NO3S. The quantitative estimate of drug-likeness (QED) is 0.444. The van der Waals surface area contributed by atoms with E-state index < -0.39 is 16.1 Å². The Labute approximate surface area is 168 Å². The van der Waals surface area contributed by atoms with Crippen molar-refractivity contribution in [3.05, 3.63) is 69.4 Å². The number of hydrogen-bond acceptors (Lipinski definition) is 4. The third kappa shape index (κ3) is 3.91. The molecule has 2 aromatic carbocycles. The summed E-state index contributed by atoms with van der Waals surface area (Å²) >= 11 is -1.40. The second-order valence-corrected chi connectivity index (χ2v) is 9.88. The van der Waals surface area contributed by atoms with Gasteiger partial charge < -0.3 is 8.97 Å². The van der Waals surface area contributed by atoms with E-state index in [9.17, 15) is 9.35 Å². The van der Waals surface area contributed by atoms with Crippen LogP contribution >= 0.6 is 0 Å². The Morgan fingerprint density at radius 3 is 2.36 bits per heavy atom. The molecule has 3 aromatic rings. The summed E-state index contributed by atoms with van der Waals surface area (Å²) in [5, 5.41) is 0.517. The minimum Gasteiger partial charge on any atom is -0.591 e. The van der Waals surface area contributed by atoms with E-state index in [1.54, 1.807) is 13.8 Å². The van der Waals surface area contributed by atoms with Gasteiger partial charge in [0.1, 0.15) is 27.5 Å². The van der Waals surface area contributed by atoms with Gasteiger partial charge in [-0.1, -0.05) is 34.7 Å². The molecule has 3 rings (SSSR count). The maximum atomic E-state index is 13.1. The van der Waals surface area contributed by atoms with Gasteiger partial charge >= 0.3 is 0 Å². The van der Waals surface area contributed by atoms with Crippen LogP contribution in [0.1, 0.15) is 44.4 Å². The minimum absolute atomic E-state index is 0.0604. The summed E-state index contributed by atoms with van der Waals surface area (Å²) < 4.78 is 22.7. The lowest BCUT2D eigenvalue weighted by atomic mass is 10.0. The Morgan fingerprint density at radius 2 is 1.75 bits per heavy atom. The normalized spacial score (nSPS) is 13.8. The fourth-order valence-corrected chi connectivity index (χ4v) is 3.60. The average Bonchev–Trinajstić information content (AvgIpc) is 2.64. The van der Waals surface area contributed by atoms with Crippen LogP contribution in [0.25, 0.3) is 22.3 Å². The van der Waals surface area contributed by atoms with Crippen molar-refractivity contribution in [1.29, 1.82) is 0 Å². The number of nitrogens with zero attached hydrogens (tertiary/aromatic N) is 1. The third-order valence-corrected chi connectivity index (χ3v) is 6.02. The molecule has 5 heteroatoms. The van der Waals surface area contributed by atoms with E-state index in [4.69, 9.17) is 4.42 Å². The van der Waals surface area contributed by atoms with Crippen molar-refractivity contribution < 1.29 is 8.97 Å². The summed E-state index contributed by atoms with van der Waals surface area (Å²) in [5.41, 5.74) is 4.05. The first-order valence-corrected chi connectivity index (χ1v) is 10.3. The topological polar surface area (TPSA) is 65.6 Å². The van der Waals surface area contributed by atoms with Crippen LogP contribution < -0.4 is 5.43 Å². The molecule has 0 N–H and O–H groups in total. The predicted molar refractivity (Wildman–Crippen MR) is 118 cm³/mol. The number of rotatable bonds is 3. The van der Waals surface area contributed by atoms with E-state index in [0.717, 1.165) is 11.1 Å². The molecule has 28 heavy (non-hydrogen) atoms. The van der Waals surface area contributed by atoms with E-state index in [2.05, 4.69) is 4.40 Å². The minimum atomic E-state index is -1.40. The van der Waals surface area contributed by atoms with Crippen molar-refractivity contribution in [2.45, 2.75) is 46.3 Å². The molecule has 0 bridgehead atoms. The zero-order valence-electron chi connectivity index (χ0n) is 17.1. The zero-order valence-corrected chi connectivity index (χ0v) is 17.9. The van der Waals surface area contributed by atoms with Gasteiger partial charge in [-0.15, -0.1) is 0 Å². The van der Waals surface area contributed by atoms with Gasteiger partial charge in [0.25, 0.3) is 0 Å². The van der Waals surface area contributed by atoms with E-state index in [-0.39, 0.29) is 5.43 Å². The van der Waals surface area contributed by atoms with E-state index in [0.29, 0.717) is 33.6 Å². The van der Waals surface area contributed by atoms with Crippen LogP contribution in [0.3, 0.4) is 0 Å². The Morgan fingerprint density at radius 1 is 1.11 bits per heavy atom. The standard InChI is InChI=1S/C23H25NO3S/c1-14-12-18(16(3)24-28(26)23(4,5)6)22-19(13-14)20(25)15(2)21(27-22)17-10-8-7-9-11-17/h7-13H,1-6H3/b24-16+. The highest BCUT2D eigenvalue weighted by Crippen LogP contribution is 2.29. The van der Waals surface area contributed by atoms with Crippen LogP contribution in [0.15, 0.2) is 56.1 Å². The van der Waals surface area contributed by atoms with Crippen molar-refractivity contribution in [3.63, 3.8) is 0 Å². The second kappa shape index (κ2) is 7.57. The first-order chi connectivity index (χ1) is 13.1. The molecule has 1 unspecified atom stereocenters. The third-order valence-electron chi connectivity index (χ3n) is 4.53. The number of fused-ring (bicyclic) bond motifs is 1. The lowest BCUT2D eigenvalue weighted by Gasteiger charge is -2.19. The SMILES string of the molecule is C/C(=N\[S+]([O-])C(C)(C)C)c1cc(C)cc2c(=O)c(C)c(-c3ccccc3)oc12. The summed E-state index contributed by atoms with van der Waals surface area (Å²) in [6.45, 7) is 11.2. The van der Waals surface area contributed by atoms with E-state index >= 15 is 0 Å². The largest absolute Gasteiger partial charge is 0.591 e. The Kier molecular flexibility index (Phi) is 5.50. The molecule has 0 fully saturated rings. The van der Waals surface area contributed by atoms with Crippen molar-refractivity contribution in [2.24, 2.45) is 4.40 Å². The fraction of sp³-hybridized carbons (Fsp3) is 0.304. The number of aryl methyl sites for hydroxylation is 1. The van der Waals surface area contributed by atoms with E-state index in [1.807, 2.05) is 70.2 Å². The van der Waals surface area contributed by atoms with Crippen LogP contribution in [0.2, 0.25) is 0 Å². The predicted octanol–water partition coefficient (Wildman–Crippen LogP) is 5.35. The van der Waals surface area contributed by atoms with Gasteiger partial charge in [-0.3, -0.25) is 4.79 Å². The molecule has 1 heterocycles. The molecule has 0 aliphatic rings. The van der Waals surface area contributed by atoms with Gasteiger partial charge in [0.05, 0.1) is 11.1 Å². The average molecular weight is 396 g/mol. The maximum absolute atomic E-state index is 13.1. The second-order valence-electron chi connectivity index (χ2n) is 7.98. The Bertz CT molecular complexity index is 1110. The first kappa shape index (κ1) is 20.4. The maximum Gasteiger partial charge on any atom is 0.196 e. The van der Waals surface area contributed by atoms with Crippen LogP contribution in [-0.4, -0.2) is 15.0 Å². The summed E-state index contributed by atoms with van der Waals surface area (Å²) in [5.74, 6) is 0.549. The Hall–Kier alpha value is -2.37. The molecule has 1 atom stereocenters. The van der Waals surface area contributed by atoms with Crippen LogP contribution in [-0.2, 0) is 11.4 Å². The van der Waals surface area contributed by atoms with Gasteiger partial charge in [-0.25, -0.2) is 0 Å². The van der Waals surface area contributed by atoms with Crippen LogP contribution in [0.4, 0.5) is 0 Å². The molecule has 0 amide bonds. The molecule has 0 spiro atoms. The molecule has 0 aliphatic carbocycles. The van der Waals surface area contributed by atoms with Gasteiger partial charge in [-0.05, 0) is 59.2 Å². The number of hydrogen-bond donors (Lipinski definition) is 0. The van der Waals surface area contributed by atoms with Crippen molar-refractivity contribution in [1.82, 2.24) is 0 Å². The molecule has 146 valence electrons. The molecule has 1 aromatic heterocycles. The summed E-state index contributed by atoms with van der Waals surface area (Å²) in [6.07, 6.45) is 0. The Balaban J connectivity index is 2.31. The number of benzene rings is 2. The highest BCUT2D eigenvalue weighted by Gasteiger charge is 2.27. The van der Waals surface area contributed by atoms with Crippen LogP contribution in [0.5, 0.6) is 0 Å². The lowest BCUT2D eigenvalue weighted by Crippen LogP contribution is -2.26. The smallest absolute Gasteiger partial charge is 0.196 e. The highest BCUT2D eigenvalue weighted by atomic mass is 32.2. The lowest BCUT2D eigenvalue weighted by molar-refractivity contribution is 0.561. The first-order valence-electron chi connectivity index (χ1n) is 9.20. The van der Waals surface area contributed by atoms with E-state index in [1.165, 1.54) is 0 Å². The molecule has 0 saturated heterocycles. The molecule has 4 nitrogen and oxygen atoms in total. The summed E-state index contributed by atoms with van der Waals surface area (Å²) in [7, 11) is 0. The van der Waals surface area contributed by atoms with Crippen molar-refractivity contribution >= 4 is 28.0 Å². The molecule has 0 radical (unpaired) electrons. The van der Waals surface area contributed by atoms with Crippen LogP contribution in [0, 0.1) is 13.8 Å². The van der Waals surface area contributed by atoms with Gasteiger partial charge in [0, 0.05) is 16.7 Å². The zero-order chi connectivity index (χ0) is 20.6.